The Balaban J connectivity index is 3.66. The van der Waals surface area contributed by atoms with E-state index in [9.17, 15) is 0 Å². The summed E-state index contributed by atoms with van der Waals surface area (Å²) in [6, 6.07) is 0. The molecule has 0 aromatic heterocycles. The van der Waals surface area contributed by atoms with Crippen LogP contribution in [0.1, 0.15) is 40.0 Å². The highest BCUT2D eigenvalue weighted by molar-refractivity contribution is 4.92. The Morgan fingerprint density at radius 2 is 2.17 bits per heavy atom. The molecule has 0 rings (SSSR count). The van der Waals surface area contributed by atoms with Gasteiger partial charge in [0.1, 0.15) is 5.60 Å². The first-order chi connectivity index (χ1) is 5.54. The van der Waals surface area contributed by atoms with Crippen LogP contribution in [0.3, 0.4) is 0 Å². The van der Waals surface area contributed by atoms with Crippen molar-refractivity contribution in [2.45, 2.75) is 45.6 Å². The molecule has 0 saturated carbocycles. The highest BCUT2D eigenvalue weighted by Crippen LogP contribution is 2.19. The lowest BCUT2D eigenvalue weighted by Gasteiger charge is -2.22. The third-order valence-corrected chi connectivity index (χ3v) is 2.16. The van der Waals surface area contributed by atoms with Crippen molar-refractivity contribution in [3.63, 3.8) is 0 Å². The summed E-state index contributed by atoms with van der Waals surface area (Å²) in [6.45, 7) is 10.1. The Morgan fingerprint density at radius 3 is 2.50 bits per heavy atom. The van der Waals surface area contributed by atoms with Gasteiger partial charge in [0.2, 0.25) is 0 Å². The Labute approximate surface area is 75.7 Å². The van der Waals surface area contributed by atoms with E-state index in [1.54, 1.807) is 6.08 Å². The average molecular weight is 171 g/mol. The maximum Gasteiger partial charge on any atom is 0.104 e. The van der Waals surface area contributed by atoms with E-state index in [1.165, 1.54) is 6.42 Å². The van der Waals surface area contributed by atoms with E-state index in [4.69, 9.17) is 10.7 Å². The number of hydrogen-bond acceptors (Lipinski definition) is 2. The van der Waals surface area contributed by atoms with E-state index in [0.29, 0.717) is 0 Å². The molecule has 0 aromatic carbocycles. The van der Waals surface area contributed by atoms with Crippen LogP contribution in [0.5, 0.6) is 0 Å². The molecule has 1 atom stereocenters. The van der Waals surface area contributed by atoms with Crippen molar-refractivity contribution in [1.29, 1.82) is 0 Å². The van der Waals surface area contributed by atoms with Gasteiger partial charge in [0, 0.05) is 0 Å². The lowest BCUT2D eigenvalue weighted by Crippen LogP contribution is -2.29. The summed E-state index contributed by atoms with van der Waals surface area (Å²) in [4.78, 5) is 4.85. The standard InChI is InChI=1S/C10H21NO/c1-5-10(4,12-11)8-6-7-9(2)3/h5,9H,1,6-8,11H2,2-4H3. The van der Waals surface area contributed by atoms with Crippen LogP contribution < -0.4 is 5.90 Å². The average Bonchev–Trinajstić information content (AvgIpc) is 2.03. The minimum atomic E-state index is -0.338. The minimum Gasteiger partial charge on any atom is -0.294 e. The number of nitrogens with two attached hydrogens (primary N) is 1. The van der Waals surface area contributed by atoms with Crippen molar-refractivity contribution in [2.24, 2.45) is 11.8 Å². The predicted molar refractivity (Wildman–Crippen MR) is 52.6 cm³/mol. The van der Waals surface area contributed by atoms with Gasteiger partial charge in [-0.05, 0) is 25.7 Å². The van der Waals surface area contributed by atoms with E-state index in [1.807, 2.05) is 6.92 Å². The monoisotopic (exact) mass is 171 g/mol. The predicted octanol–water partition coefficient (Wildman–Crippen LogP) is 2.65. The molecule has 2 nitrogen and oxygen atoms in total. The fraction of sp³-hybridized carbons (Fsp3) is 0.800. The van der Waals surface area contributed by atoms with Crippen molar-refractivity contribution in [3.8, 4) is 0 Å². The Hall–Kier alpha value is -0.340. The summed E-state index contributed by atoms with van der Waals surface area (Å²) in [7, 11) is 0. The van der Waals surface area contributed by atoms with Crippen LogP contribution >= 0.6 is 0 Å². The first kappa shape index (κ1) is 11.7. The molecule has 72 valence electrons. The van der Waals surface area contributed by atoms with Crippen molar-refractivity contribution < 1.29 is 4.84 Å². The second kappa shape index (κ2) is 5.33. The quantitative estimate of drug-likeness (QED) is 0.492. The molecule has 0 aliphatic heterocycles. The molecule has 1 unspecified atom stereocenters. The van der Waals surface area contributed by atoms with Gasteiger partial charge in [0.15, 0.2) is 0 Å². The lowest BCUT2D eigenvalue weighted by atomic mass is 9.96. The van der Waals surface area contributed by atoms with Crippen molar-refractivity contribution in [3.05, 3.63) is 12.7 Å². The maximum absolute atomic E-state index is 5.16. The Kier molecular flexibility index (Phi) is 5.18. The normalized spacial score (nSPS) is 16.1. The van der Waals surface area contributed by atoms with Gasteiger partial charge in [-0.15, -0.1) is 6.58 Å². The molecule has 2 N–H and O–H groups in total. The van der Waals surface area contributed by atoms with Gasteiger partial charge in [-0.2, -0.15) is 0 Å². The van der Waals surface area contributed by atoms with Gasteiger partial charge in [-0.3, -0.25) is 4.84 Å². The molecule has 0 aliphatic rings. The van der Waals surface area contributed by atoms with Gasteiger partial charge >= 0.3 is 0 Å². The van der Waals surface area contributed by atoms with E-state index >= 15 is 0 Å². The number of rotatable bonds is 6. The minimum absolute atomic E-state index is 0.338. The van der Waals surface area contributed by atoms with Crippen molar-refractivity contribution in [2.75, 3.05) is 0 Å². The molecule has 0 radical (unpaired) electrons. The SMILES string of the molecule is C=CC(C)(CCCC(C)C)ON. The molecular weight excluding hydrogens is 150 g/mol. The van der Waals surface area contributed by atoms with Gasteiger partial charge in [-0.25, -0.2) is 5.90 Å². The zero-order valence-electron chi connectivity index (χ0n) is 8.47. The highest BCUT2D eigenvalue weighted by Gasteiger charge is 2.19. The summed E-state index contributed by atoms with van der Waals surface area (Å²) in [5, 5.41) is 0. The molecule has 0 fully saturated rings. The summed E-state index contributed by atoms with van der Waals surface area (Å²) < 4.78 is 0. The fourth-order valence-corrected chi connectivity index (χ4v) is 1.07. The van der Waals surface area contributed by atoms with Gasteiger partial charge in [-0.1, -0.05) is 26.3 Å². The zero-order chi connectivity index (χ0) is 9.61. The third kappa shape index (κ3) is 4.52. The Bertz CT molecular complexity index is 134. The van der Waals surface area contributed by atoms with Crippen LogP contribution in [0.4, 0.5) is 0 Å². The van der Waals surface area contributed by atoms with Gasteiger partial charge < -0.3 is 0 Å². The van der Waals surface area contributed by atoms with Crippen molar-refractivity contribution >= 4 is 0 Å². The van der Waals surface area contributed by atoms with Crippen LogP contribution in [-0.2, 0) is 4.84 Å². The molecule has 12 heavy (non-hydrogen) atoms. The lowest BCUT2D eigenvalue weighted by molar-refractivity contribution is -0.00386. The van der Waals surface area contributed by atoms with Crippen LogP contribution in [0.15, 0.2) is 12.7 Å². The van der Waals surface area contributed by atoms with Gasteiger partial charge in [0.05, 0.1) is 0 Å². The van der Waals surface area contributed by atoms with E-state index in [2.05, 4.69) is 20.4 Å². The zero-order valence-corrected chi connectivity index (χ0v) is 8.47. The fourth-order valence-electron chi connectivity index (χ4n) is 1.07. The second-order valence-corrected chi connectivity index (χ2v) is 3.92. The van der Waals surface area contributed by atoms with Crippen molar-refractivity contribution in [1.82, 2.24) is 0 Å². The molecule has 0 aromatic rings. The molecule has 0 spiro atoms. The third-order valence-electron chi connectivity index (χ3n) is 2.16. The smallest absolute Gasteiger partial charge is 0.104 e. The Morgan fingerprint density at radius 1 is 1.58 bits per heavy atom. The first-order valence-electron chi connectivity index (χ1n) is 4.55. The topological polar surface area (TPSA) is 35.2 Å². The molecular formula is C10H21NO. The molecule has 0 bridgehead atoms. The molecule has 0 saturated heterocycles. The summed E-state index contributed by atoms with van der Waals surface area (Å²) in [6.07, 6.45) is 5.07. The summed E-state index contributed by atoms with van der Waals surface area (Å²) >= 11 is 0. The summed E-state index contributed by atoms with van der Waals surface area (Å²) in [5.41, 5.74) is -0.338. The molecule has 2 heteroatoms. The van der Waals surface area contributed by atoms with E-state index in [0.717, 1.165) is 18.8 Å². The van der Waals surface area contributed by atoms with Crippen LogP contribution in [0, 0.1) is 5.92 Å². The molecule has 0 aliphatic carbocycles. The van der Waals surface area contributed by atoms with Crippen LogP contribution in [0.25, 0.3) is 0 Å². The molecule has 0 heterocycles. The van der Waals surface area contributed by atoms with Gasteiger partial charge in [0.25, 0.3) is 0 Å². The van der Waals surface area contributed by atoms with Crippen LogP contribution in [0.2, 0.25) is 0 Å². The second-order valence-electron chi connectivity index (χ2n) is 3.92. The maximum atomic E-state index is 5.16. The number of hydrogen-bond donors (Lipinski definition) is 1. The van der Waals surface area contributed by atoms with Crippen LogP contribution in [-0.4, -0.2) is 5.60 Å². The highest BCUT2D eigenvalue weighted by atomic mass is 16.6. The summed E-state index contributed by atoms with van der Waals surface area (Å²) in [5.74, 6) is 5.91. The first-order valence-corrected chi connectivity index (χ1v) is 4.55. The van der Waals surface area contributed by atoms with E-state index < -0.39 is 0 Å². The largest absolute Gasteiger partial charge is 0.294 e. The van der Waals surface area contributed by atoms with E-state index in [-0.39, 0.29) is 5.60 Å². The molecule has 0 amide bonds.